The van der Waals surface area contributed by atoms with Crippen molar-refractivity contribution in [3.8, 4) is 0 Å². The van der Waals surface area contributed by atoms with Crippen molar-refractivity contribution in [3.63, 3.8) is 0 Å². The van der Waals surface area contributed by atoms with E-state index in [0.717, 1.165) is 9.79 Å². The van der Waals surface area contributed by atoms with Crippen LogP contribution >= 0.6 is 11.8 Å². The normalized spacial score (nSPS) is 11.3. The summed E-state index contributed by atoms with van der Waals surface area (Å²) in [4.78, 5) is 14.6. The predicted octanol–water partition coefficient (Wildman–Crippen LogP) is 3.62. The molecule has 0 radical (unpaired) electrons. The van der Waals surface area contributed by atoms with E-state index in [9.17, 15) is 13.2 Å². The highest BCUT2D eigenvalue weighted by Crippen LogP contribution is 2.31. The molecule has 1 N–H and O–H groups in total. The van der Waals surface area contributed by atoms with E-state index in [0.29, 0.717) is 16.1 Å². The zero-order valence-corrected chi connectivity index (χ0v) is 16.5. The summed E-state index contributed by atoms with van der Waals surface area (Å²) in [6, 6.07) is 14.0. The second kappa shape index (κ2) is 7.98. The van der Waals surface area contributed by atoms with Gasteiger partial charge in [-0.25, -0.2) is 8.42 Å². The summed E-state index contributed by atoms with van der Waals surface area (Å²) in [7, 11) is -1.44. The minimum absolute atomic E-state index is 0.0663. The molecule has 3 aromatic rings. The van der Waals surface area contributed by atoms with E-state index < -0.39 is 9.84 Å². The number of benzene rings is 2. The molecule has 1 aromatic heterocycles. The van der Waals surface area contributed by atoms with Gasteiger partial charge in [-0.2, -0.15) is 5.10 Å². The molecule has 0 unspecified atom stereocenters. The van der Waals surface area contributed by atoms with E-state index >= 15 is 0 Å². The van der Waals surface area contributed by atoms with Crippen LogP contribution in [0.25, 0.3) is 0 Å². The molecule has 6 nitrogen and oxygen atoms in total. The maximum atomic E-state index is 12.6. The average molecular weight is 402 g/mol. The van der Waals surface area contributed by atoms with Gasteiger partial charge in [0.25, 0.3) is 5.91 Å². The van der Waals surface area contributed by atoms with Crippen LogP contribution < -0.4 is 5.32 Å². The lowest BCUT2D eigenvalue weighted by molar-refractivity contribution is 0.102. The van der Waals surface area contributed by atoms with Gasteiger partial charge in [-0.1, -0.05) is 30.8 Å². The summed E-state index contributed by atoms with van der Waals surface area (Å²) in [5, 5.41) is 6.86. The van der Waals surface area contributed by atoms with Crippen molar-refractivity contribution in [2.45, 2.75) is 21.6 Å². The number of anilines is 1. The van der Waals surface area contributed by atoms with E-state index in [1.807, 2.05) is 12.1 Å². The summed E-state index contributed by atoms with van der Waals surface area (Å²) in [5.74, 6) is -0.159. The number of hydrogen-bond donors (Lipinski definition) is 1. The summed E-state index contributed by atoms with van der Waals surface area (Å²) >= 11 is 1.41. The SMILES string of the molecule is CCS(=O)(=O)c1ccc(Sc2ccccc2C(=O)Nc2cnn(C)c2)cc1. The number of amides is 1. The Morgan fingerprint density at radius 2 is 1.85 bits per heavy atom. The third-order valence-electron chi connectivity index (χ3n) is 3.89. The molecule has 27 heavy (non-hydrogen) atoms. The van der Waals surface area contributed by atoms with E-state index in [2.05, 4.69) is 10.4 Å². The van der Waals surface area contributed by atoms with Gasteiger partial charge in [0, 0.05) is 23.0 Å². The molecule has 140 valence electrons. The number of sulfone groups is 1. The van der Waals surface area contributed by atoms with Crippen LogP contribution in [0, 0.1) is 0 Å². The summed E-state index contributed by atoms with van der Waals surface area (Å²) in [6.07, 6.45) is 3.31. The minimum Gasteiger partial charge on any atom is -0.319 e. The molecular formula is C19H19N3O3S2. The Hall–Kier alpha value is -2.58. The van der Waals surface area contributed by atoms with Gasteiger partial charge in [-0.05, 0) is 36.4 Å². The molecule has 2 aromatic carbocycles. The number of hydrogen-bond acceptors (Lipinski definition) is 5. The van der Waals surface area contributed by atoms with Crippen LogP contribution in [0.1, 0.15) is 17.3 Å². The Morgan fingerprint density at radius 1 is 1.15 bits per heavy atom. The highest BCUT2D eigenvalue weighted by molar-refractivity contribution is 7.99. The van der Waals surface area contributed by atoms with E-state index in [-0.39, 0.29) is 11.7 Å². The van der Waals surface area contributed by atoms with Crippen LogP contribution in [-0.2, 0) is 16.9 Å². The monoisotopic (exact) mass is 401 g/mol. The topological polar surface area (TPSA) is 81.1 Å². The smallest absolute Gasteiger partial charge is 0.256 e. The van der Waals surface area contributed by atoms with Crippen molar-refractivity contribution in [2.24, 2.45) is 7.05 Å². The fourth-order valence-corrected chi connectivity index (χ4v) is 4.26. The molecule has 0 saturated heterocycles. The number of nitrogens with zero attached hydrogens (tertiary/aromatic N) is 2. The van der Waals surface area contributed by atoms with Gasteiger partial charge in [0.15, 0.2) is 9.84 Å². The molecule has 0 atom stereocenters. The fourth-order valence-electron chi connectivity index (χ4n) is 2.44. The van der Waals surface area contributed by atoms with Crippen molar-refractivity contribution in [3.05, 3.63) is 66.5 Å². The maximum absolute atomic E-state index is 12.6. The highest BCUT2D eigenvalue weighted by atomic mass is 32.2. The van der Waals surface area contributed by atoms with Crippen LogP contribution in [0.2, 0.25) is 0 Å². The summed E-state index contributed by atoms with van der Waals surface area (Å²) in [6.45, 7) is 1.62. The molecule has 0 saturated carbocycles. The number of carbonyl (C=O) groups excluding carboxylic acids is 1. The van der Waals surface area contributed by atoms with Gasteiger partial charge in [0.2, 0.25) is 0 Å². The molecule has 0 fully saturated rings. The molecule has 0 bridgehead atoms. The Balaban J connectivity index is 1.81. The van der Waals surface area contributed by atoms with Crippen LogP contribution in [0.15, 0.2) is 75.6 Å². The second-order valence-corrected chi connectivity index (χ2v) is 9.22. The summed E-state index contributed by atoms with van der Waals surface area (Å²) < 4.78 is 25.5. The molecule has 0 spiro atoms. The van der Waals surface area contributed by atoms with E-state index in [4.69, 9.17) is 0 Å². The first-order valence-electron chi connectivity index (χ1n) is 8.29. The molecule has 1 amide bonds. The van der Waals surface area contributed by atoms with Crippen molar-refractivity contribution in [2.75, 3.05) is 11.1 Å². The van der Waals surface area contributed by atoms with Crippen molar-refractivity contribution in [1.29, 1.82) is 0 Å². The lowest BCUT2D eigenvalue weighted by Gasteiger charge is -2.09. The fraction of sp³-hybridized carbons (Fsp3) is 0.158. The molecule has 1 heterocycles. The molecule has 0 aliphatic rings. The number of aromatic nitrogens is 2. The van der Waals surface area contributed by atoms with Gasteiger partial charge in [-0.15, -0.1) is 0 Å². The van der Waals surface area contributed by atoms with Gasteiger partial charge in [0.1, 0.15) is 0 Å². The quantitative estimate of drug-likeness (QED) is 0.682. The number of aryl methyl sites for hydroxylation is 1. The Labute approximate surface area is 162 Å². The minimum atomic E-state index is -3.22. The van der Waals surface area contributed by atoms with E-state index in [1.165, 1.54) is 11.8 Å². The van der Waals surface area contributed by atoms with Crippen LogP contribution in [-0.4, -0.2) is 29.9 Å². The van der Waals surface area contributed by atoms with Crippen molar-refractivity contribution >= 4 is 33.2 Å². The van der Waals surface area contributed by atoms with Gasteiger partial charge in [-0.3, -0.25) is 9.48 Å². The molecular weight excluding hydrogens is 382 g/mol. The van der Waals surface area contributed by atoms with Crippen LogP contribution in [0.3, 0.4) is 0 Å². The first kappa shape index (κ1) is 19.2. The van der Waals surface area contributed by atoms with Crippen molar-refractivity contribution in [1.82, 2.24) is 9.78 Å². The largest absolute Gasteiger partial charge is 0.319 e. The van der Waals surface area contributed by atoms with Crippen LogP contribution in [0.4, 0.5) is 5.69 Å². The van der Waals surface area contributed by atoms with E-state index in [1.54, 1.807) is 67.4 Å². The zero-order chi connectivity index (χ0) is 19.4. The summed E-state index contributed by atoms with van der Waals surface area (Å²) in [5.41, 5.74) is 1.16. The highest BCUT2D eigenvalue weighted by Gasteiger charge is 2.14. The number of carbonyl (C=O) groups is 1. The van der Waals surface area contributed by atoms with Gasteiger partial charge >= 0.3 is 0 Å². The first-order valence-corrected chi connectivity index (χ1v) is 10.8. The third-order valence-corrected chi connectivity index (χ3v) is 6.72. The lowest BCUT2D eigenvalue weighted by Crippen LogP contribution is -2.12. The average Bonchev–Trinajstić information content (AvgIpc) is 3.07. The lowest BCUT2D eigenvalue weighted by atomic mass is 10.2. The van der Waals surface area contributed by atoms with Gasteiger partial charge in [0.05, 0.1) is 28.1 Å². The number of rotatable bonds is 6. The predicted molar refractivity (Wildman–Crippen MR) is 106 cm³/mol. The Morgan fingerprint density at radius 3 is 2.48 bits per heavy atom. The first-order chi connectivity index (χ1) is 12.9. The third kappa shape index (κ3) is 4.58. The zero-order valence-electron chi connectivity index (χ0n) is 14.9. The molecule has 3 rings (SSSR count). The standard InChI is InChI=1S/C19H19N3O3S2/c1-3-27(24,25)16-10-8-15(9-11-16)26-18-7-5-4-6-17(18)19(23)21-14-12-20-22(2)13-14/h4-13H,3H2,1-2H3,(H,21,23). The molecule has 0 aliphatic heterocycles. The molecule has 0 aliphatic carbocycles. The van der Waals surface area contributed by atoms with Crippen LogP contribution in [0.5, 0.6) is 0 Å². The Kier molecular flexibility index (Phi) is 5.67. The Bertz CT molecular complexity index is 1060. The number of nitrogens with one attached hydrogen (secondary N) is 1. The van der Waals surface area contributed by atoms with Crippen molar-refractivity contribution < 1.29 is 13.2 Å². The molecule has 8 heteroatoms. The second-order valence-electron chi connectivity index (χ2n) is 5.83. The maximum Gasteiger partial charge on any atom is 0.256 e. The van der Waals surface area contributed by atoms with Gasteiger partial charge < -0.3 is 5.32 Å².